The molecule has 0 bridgehead atoms. The molecule has 27 heavy (non-hydrogen) atoms. The van der Waals surface area contributed by atoms with Crippen molar-refractivity contribution in [1.82, 2.24) is 0 Å². The lowest BCUT2D eigenvalue weighted by molar-refractivity contribution is -0.136. The molecule has 1 amide bonds. The Morgan fingerprint density at radius 1 is 1.00 bits per heavy atom. The van der Waals surface area contributed by atoms with Gasteiger partial charge in [0.25, 0.3) is 5.91 Å². The van der Waals surface area contributed by atoms with E-state index < -0.39 is 12.2 Å². The second-order valence-electron chi connectivity index (χ2n) is 6.87. The van der Waals surface area contributed by atoms with Gasteiger partial charge in [-0.15, -0.1) is 0 Å². The number of aryl methyl sites for hydroxylation is 2. The van der Waals surface area contributed by atoms with Crippen LogP contribution in [0.4, 0.5) is 5.69 Å². The third-order valence-corrected chi connectivity index (χ3v) is 5.29. The Bertz CT molecular complexity index is 1090. The summed E-state index contributed by atoms with van der Waals surface area (Å²) in [6.07, 6.45) is -1.15. The van der Waals surface area contributed by atoms with Gasteiger partial charge in [0, 0.05) is 11.3 Å². The number of carboxylic acids is 1. The molecule has 5 heteroatoms. The van der Waals surface area contributed by atoms with E-state index in [0.29, 0.717) is 22.4 Å². The normalized spacial score (nSPS) is 16.0. The molecule has 0 aromatic heterocycles. The molecule has 1 unspecified atom stereocenters. The fraction of sp³-hybridized carbons (Fsp3) is 0.182. The maximum absolute atomic E-state index is 13.2. The summed E-state index contributed by atoms with van der Waals surface area (Å²) in [6.45, 7) is 3.83. The zero-order valence-electron chi connectivity index (χ0n) is 15.1. The van der Waals surface area contributed by atoms with Crippen LogP contribution < -0.4 is 4.90 Å². The van der Waals surface area contributed by atoms with E-state index in [2.05, 4.69) is 0 Å². The van der Waals surface area contributed by atoms with Crippen LogP contribution in [-0.4, -0.2) is 22.1 Å². The molecule has 3 aromatic carbocycles. The van der Waals surface area contributed by atoms with Gasteiger partial charge in [-0.25, -0.2) is 0 Å². The van der Waals surface area contributed by atoms with Gasteiger partial charge in [0.05, 0.1) is 12.0 Å². The molecule has 1 atom stereocenters. The number of aliphatic hydroxyl groups is 1. The summed E-state index contributed by atoms with van der Waals surface area (Å²) in [7, 11) is 0. The molecule has 0 spiro atoms. The minimum absolute atomic E-state index is 0.0827. The topological polar surface area (TPSA) is 77.8 Å². The van der Waals surface area contributed by atoms with Crippen molar-refractivity contribution in [3.05, 3.63) is 76.3 Å². The lowest BCUT2D eigenvalue weighted by Gasteiger charge is -2.21. The van der Waals surface area contributed by atoms with E-state index in [-0.39, 0.29) is 12.3 Å². The fourth-order valence-corrected chi connectivity index (χ4v) is 3.97. The fourth-order valence-electron chi connectivity index (χ4n) is 3.97. The largest absolute Gasteiger partial charge is 0.481 e. The Morgan fingerprint density at radius 2 is 1.59 bits per heavy atom. The van der Waals surface area contributed by atoms with Crippen LogP contribution in [0.1, 0.15) is 38.8 Å². The van der Waals surface area contributed by atoms with Crippen LogP contribution in [0.5, 0.6) is 0 Å². The summed E-state index contributed by atoms with van der Waals surface area (Å²) in [5.74, 6) is -1.15. The summed E-state index contributed by atoms with van der Waals surface area (Å²) in [6, 6.07) is 14.6. The highest BCUT2D eigenvalue weighted by molar-refractivity contribution is 6.15. The third kappa shape index (κ3) is 2.59. The molecule has 2 N–H and O–H groups in total. The lowest BCUT2D eigenvalue weighted by Crippen LogP contribution is -2.27. The van der Waals surface area contributed by atoms with Crippen molar-refractivity contribution < 1.29 is 19.8 Å². The molecule has 1 heterocycles. The summed E-state index contributed by atoms with van der Waals surface area (Å²) in [4.78, 5) is 25.4. The quantitative estimate of drug-likeness (QED) is 0.745. The first kappa shape index (κ1) is 17.2. The van der Waals surface area contributed by atoms with Crippen molar-refractivity contribution in [2.45, 2.75) is 26.5 Å². The minimum Gasteiger partial charge on any atom is -0.481 e. The van der Waals surface area contributed by atoms with Gasteiger partial charge in [-0.3, -0.25) is 14.5 Å². The van der Waals surface area contributed by atoms with E-state index in [4.69, 9.17) is 5.11 Å². The van der Waals surface area contributed by atoms with Crippen LogP contribution in [0.2, 0.25) is 0 Å². The van der Waals surface area contributed by atoms with E-state index >= 15 is 0 Å². The standard InChI is InChI=1S/C22H19NO4/c1-12-16-5-3-4-6-17(16)13(2)20-19(12)21(26)23(22(20)27)15-9-7-14(8-10-15)11-18(24)25/h3-10,21,26H,11H2,1-2H3,(H,24,25). The van der Waals surface area contributed by atoms with Crippen molar-refractivity contribution in [2.24, 2.45) is 0 Å². The van der Waals surface area contributed by atoms with E-state index in [1.807, 2.05) is 38.1 Å². The van der Waals surface area contributed by atoms with E-state index in [1.165, 1.54) is 4.90 Å². The first-order chi connectivity index (χ1) is 12.9. The van der Waals surface area contributed by atoms with E-state index in [9.17, 15) is 14.7 Å². The number of anilines is 1. The van der Waals surface area contributed by atoms with Gasteiger partial charge >= 0.3 is 5.97 Å². The minimum atomic E-state index is -1.07. The number of rotatable bonds is 3. The number of aliphatic carboxylic acids is 1. The van der Waals surface area contributed by atoms with Crippen LogP contribution in [0, 0.1) is 13.8 Å². The first-order valence-corrected chi connectivity index (χ1v) is 8.74. The summed E-state index contributed by atoms with van der Waals surface area (Å²) in [5, 5.41) is 21.9. The maximum atomic E-state index is 13.2. The predicted octanol–water partition coefficient (Wildman–Crippen LogP) is 3.74. The number of carbonyl (C=O) groups is 2. The van der Waals surface area contributed by atoms with Gasteiger partial charge in [0.2, 0.25) is 0 Å². The third-order valence-electron chi connectivity index (χ3n) is 5.29. The molecule has 3 aromatic rings. The molecule has 4 rings (SSSR count). The van der Waals surface area contributed by atoms with Crippen LogP contribution >= 0.6 is 0 Å². The molecule has 1 aliphatic heterocycles. The van der Waals surface area contributed by atoms with Gasteiger partial charge in [0.1, 0.15) is 0 Å². The van der Waals surface area contributed by atoms with Crippen LogP contribution in [0.3, 0.4) is 0 Å². The Hall–Kier alpha value is -3.18. The number of carboxylic acid groups (broad SMARTS) is 1. The van der Waals surface area contributed by atoms with Gasteiger partial charge < -0.3 is 10.2 Å². The average molecular weight is 361 g/mol. The maximum Gasteiger partial charge on any atom is 0.307 e. The summed E-state index contributed by atoms with van der Waals surface area (Å²) in [5.41, 5.74) is 4.14. The zero-order chi connectivity index (χ0) is 19.3. The number of aliphatic hydroxyl groups excluding tert-OH is 1. The van der Waals surface area contributed by atoms with Crippen molar-refractivity contribution in [3.8, 4) is 0 Å². The highest BCUT2D eigenvalue weighted by Gasteiger charge is 2.39. The van der Waals surface area contributed by atoms with Crippen molar-refractivity contribution in [2.75, 3.05) is 4.90 Å². The number of hydrogen-bond donors (Lipinski definition) is 2. The Labute approximate surface area is 156 Å². The number of nitrogens with zero attached hydrogens (tertiary/aromatic N) is 1. The lowest BCUT2D eigenvalue weighted by atomic mass is 9.91. The number of hydrogen-bond acceptors (Lipinski definition) is 3. The second-order valence-corrected chi connectivity index (χ2v) is 6.87. The molecular weight excluding hydrogens is 342 g/mol. The highest BCUT2D eigenvalue weighted by atomic mass is 16.4. The predicted molar refractivity (Wildman–Crippen MR) is 103 cm³/mol. The number of carbonyl (C=O) groups excluding carboxylic acids is 1. The highest BCUT2D eigenvalue weighted by Crippen LogP contribution is 2.42. The van der Waals surface area contributed by atoms with Crippen molar-refractivity contribution >= 4 is 28.3 Å². The molecule has 5 nitrogen and oxygen atoms in total. The Balaban J connectivity index is 1.83. The zero-order valence-corrected chi connectivity index (χ0v) is 15.1. The van der Waals surface area contributed by atoms with Crippen LogP contribution in [0.25, 0.3) is 10.8 Å². The average Bonchev–Trinajstić information content (AvgIpc) is 2.91. The second kappa shape index (κ2) is 6.21. The molecule has 0 fully saturated rings. The Morgan fingerprint density at radius 3 is 2.19 bits per heavy atom. The van der Waals surface area contributed by atoms with Crippen LogP contribution in [-0.2, 0) is 11.2 Å². The molecule has 0 aliphatic carbocycles. The van der Waals surface area contributed by atoms with E-state index in [1.54, 1.807) is 24.3 Å². The molecule has 0 saturated carbocycles. The van der Waals surface area contributed by atoms with E-state index in [0.717, 1.165) is 21.9 Å². The number of fused-ring (bicyclic) bond motifs is 2. The number of amides is 1. The SMILES string of the molecule is Cc1c2c(c(C)c3ccccc13)C(O)N(c1ccc(CC(=O)O)cc1)C2=O. The van der Waals surface area contributed by atoms with Gasteiger partial charge in [-0.2, -0.15) is 0 Å². The van der Waals surface area contributed by atoms with Gasteiger partial charge in [0.15, 0.2) is 6.23 Å². The summed E-state index contributed by atoms with van der Waals surface area (Å²) >= 11 is 0. The van der Waals surface area contributed by atoms with Gasteiger partial charge in [-0.05, 0) is 53.4 Å². The molecule has 1 aliphatic rings. The van der Waals surface area contributed by atoms with Crippen LogP contribution in [0.15, 0.2) is 48.5 Å². The number of benzene rings is 3. The molecule has 0 radical (unpaired) electrons. The van der Waals surface area contributed by atoms with Gasteiger partial charge in [-0.1, -0.05) is 36.4 Å². The molecular formula is C22H19NO4. The smallest absolute Gasteiger partial charge is 0.307 e. The van der Waals surface area contributed by atoms with Crippen molar-refractivity contribution in [1.29, 1.82) is 0 Å². The summed E-state index contributed by atoms with van der Waals surface area (Å²) < 4.78 is 0. The molecule has 136 valence electrons. The first-order valence-electron chi connectivity index (χ1n) is 8.74. The monoisotopic (exact) mass is 361 g/mol. The van der Waals surface area contributed by atoms with Crippen molar-refractivity contribution in [3.63, 3.8) is 0 Å². The Kier molecular flexibility index (Phi) is 3.97. The molecule has 0 saturated heterocycles.